The average Bonchev–Trinajstić information content (AvgIpc) is 2.85. The van der Waals surface area contributed by atoms with Crippen LogP contribution in [0.5, 0.6) is 11.5 Å². The zero-order valence-corrected chi connectivity index (χ0v) is 22.9. The molecule has 4 rings (SSSR count). The van der Waals surface area contributed by atoms with Crippen molar-refractivity contribution >= 4 is 24.2 Å². The van der Waals surface area contributed by atoms with Crippen LogP contribution in [0.4, 0.5) is 0 Å². The number of piperidine rings is 1. The minimum absolute atomic E-state index is 0. The van der Waals surface area contributed by atoms with Gasteiger partial charge in [-0.05, 0) is 62.9 Å². The Labute approximate surface area is 226 Å². The van der Waals surface area contributed by atoms with Gasteiger partial charge in [0.2, 0.25) is 11.8 Å². The minimum Gasteiger partial charge on any atom is -0.457 e. The van der Waals surface area contributed by atoms with Crippen LogP contribution in [-0.4, -0.2) is 63.5 Å². The summed E-state index contributed by atoms with van der Waals surface area (Å²) in [5, 5.41) is 13.2. The maximum Gasteiger partial charge on any atom is 0.246 e. The van der Waals surface area contributed by atoms with Crippen molar-refractivity contribution in [3.63, 3.8) is 0 Å². The van der Waals surface area contributed by atoms with E-state index in [1.165, 1.54) is 5.56 Å². The van der Waals surface area contributed by atoms with Gasteiger partial charge in [0, 0.05) is 32.6 Å². The summed E-state index contributed by atoms with van der Waals surface area (Å²) >= 11 is 0. The van der Waals surface area contributed by atoms with Crippen LogP contribution in [0.1, 0.15) is 58.4 Å². The SMILES string of the molecule is CCCCN1C(=O)C(CC(C)(C)O)NC(=O)C12CCN(Cc1ccc(Oc3ccccc3)cc1)CC2.Cl. The van der Waals surface area contributed by atoms with Gasteiger partial charge in [-0.3, -0.25) is 14.5 Å². The van der Waals surface area contributed by atoms with Gasteiger partial charge in [0.1, 0.15) is 23.1 Å². The molecule has 1 atom stereocenters. The van der Waals surface area contributed by atoms with Crippen molar-refractivity contribution in [3.05, 3.63) is 60.2 Å². The van der Waals surface area contributed by atoms with Crippen molar-refractivity contribution in [1.82, 2.24) is 15.1 Å². The normalized spacial score (nSPS) is 19.9. The number of carbonyl (C=O) groups is 2. The van der Waals surface area contributed by atoms with Gasteiger partial charge in [-0.15, -0.1) is 12.4 Å². The molecule has 0 aliphatic carbocycles. The van der Waals surface area contributed by atoms with Crippen molar-refractivity contribution in [3.8, 4) is 11.5 Å². The Balaban J connectivity index is 0.00000380. The second-order valence-electron chi connectivity index (χ2n) is 10.8. The fraction of sp³-hybridized carbons (Fsp3) is 0.517. The summed E-state index contributed by atoms with van der Waals surface area (Å²) in [5.74, 6) is 1.47. The molecule has 2 aliphatic rings. The molecule has 0 bridgehead atoms. The molecule has 2 N–H and O–H groups in total. The van der Waals surface area contributed by atoms with Crippen LogP contribution in [-0.2, 0) is 16.1 Å². The summed E-state index contributed by atoms with van der Waals surface area (Å²) in [6.45, 7) is 8.28. The molecular weight excluding hydrogens is 490 g/mol. The molecule has 8 heteroatoms. The molecule has 0 radical (unpaired) electrons. The standard InChI is InChI=1S/C29H39N3O4.ClH/c1-4-5-17-32-26(33)25(20-28(2,3)35)30-27(34)29(32)15-18-31(19-16-29)21-22-11-13-24(14-12-22)36-23-9-7-6-8-10-23;/h6-14,25,35H,4-5,15-21H2,1-3H3,(H,30,34);1H. The molecular formula is C29H40ClN3O4. The molecule has 37 heavy (non-hydrogen) atoms. The van der Waals surface area contributed by atoms with Crippen molar-refractivity contribution in [2.24, 2.45) is 0 Å². The van der Waals surface area contributed by atoms with Crippen LogP contribution >= 0.6 is 12.4 Å². The summed E-state index contributed by atoms with van der Waals surface area (Å²) in [4.78, 5) is 31.0. The van der Waals surface area contributed by atoms with Crippen molar-refractivity contribution < 1.29 is 19.4 Å². The van der Waals surface area contributed by atoms with E-state index in [0.29, 0.717) is 19.4 Å². The van der Waals surface area contributed by atoms with E-state index in [0.717, 1.165) is 44.0 Å². The van der Waals surface area contributed by atoms with E-state index in [-0.39, 0.29) is 30.6 Å². The Morgan fingerprint density at radius 3 is 2.24 bits per heavy atom. The van der Waals surface area contributed by atoms with Gasteiger partial charge >= 0.3 is 0 Å². The molecule has 2 fully saturated rings. The fourth-order valence-corrected chi connectivity index (χ4v) is 5.28. The van der Waals surface area contributed by atoms with E-state index in [1.54, 1.807) is 13.8 Å². The summed E-state index contributed by atoms with van der Waals surface area (Å²) in [5.41, 5.74) is -0.644. The summed E-state index contributed by atoms with van der Waals surface area (Å²) in [6.07, 6.45) is 3.24. The second-order valence-corrected chi connectivity index (χ2v) is 10.8. The molecule has 2 saturated heterocycles. The summed E-state index contributed by atoms with van der Waals surface area (Å²) < 4.78 is 5.89. The van der Waals surface area contributed by atoms with Gasteiger partial charge in [0.25, 0.3) is 0 Å². The topological polar surface area (TPSA) is 82.1 Å². The second kappa shape index (κ2) is 12.3. The van der Waals surface area contributed by atoms with Crippen LogP contribution in [0.3, 0.4) is 0 Å². The van der Waals surface area contributed by atoms with Crippen molar-refractivity contribution in [1.29, 1.82) is 0 Å². The quantitative estimate of drug-likeness (QED) is 0.499. The van der Waals surface area contributed by atoms with Gasteiger partial charge in [-0.1, -0.05) is 43.7 Å². The van der Waals surface area contributed by atoms with E-state index >= 15 is 0 Å². The third kappa shape index (κ3) is 7.03. The zero-order chi connectivity index (χ0) is 25.8. The number of halogens is 1. The Bertz CT molecular complexity index is 1030. The highest BCUT2D eigenvalue weighted by atomic mass is 35.5. The number of rotatable bonds is 9. The van der Waals surface area contributed by atoms with Gasteiger partial charge in [-0.25, -0.2) is 0 Å². The van der Waals surface area contributed by atoms with Crippen LogP contribution in [0, 0.1) is 0 Å². The fourth-order valence-electron chi connectivity index (χ4n) is 5.28. The third-order valence-corrected chi connectivity index (χ3v) is 7.24. The number of nitrogens with one attached hydrogen (secondary N) is 1. The van der Waals surface area contributed by atoms with E-state index in [9.17, 15) is 14.7 Å². The van der Waals surface area contributed by atoms with E-state index in [2.05, 4.69) is 29.3 Å². The smallest absolute Gasteiger partial charge is 0.246 e. The van der Waals surface area contributed by atoms with Crippen LogP contribution in [0.2, 0.25) is 0 Å². The molecule has 2 amide bonds. The summed E-state index contributed by atoms with van der Waals surface area (Å²) in [7, 11) is 0. The maximum atomic E-state index is 13.4. The Morgan fingerprint density at radius 2 is 1.65 bits per heavy atom. The molecule has 2 aromatic rings. The highest BCUT2D eigenvalue weighted by Crippen LogP contribution is 2.35. The van der Waals surface area contributed by atoms with E-state index in [1.807, 2.05) is 47.4 Å². The van der Waals surface area contributed by atoms with Crippen molar-refractivity contribution in [2.45, 2.75) is 76.6 Å². The predicted octanol–water partition coefficient (Wildman–Crippen LogP) is 4.52. The Hall–Kier alpha value is -2.61. The molecule has 1 spiro atoms. The summed E-state index contributed by atoms with van der Waals surface area (Å²) in [6, 6.07) is 17.2. The van der Waals surface area contributed by atoms with Crippen LogP contribution in [0.25, 0.3) is 0 Å². The number of ether oxygens (including phenoxy) is 1. The molecule has 7 nitrogen and oxygen atoms in total. The largest absolute Gasteiger partial charge is 0.457 e. The minimum atomic E-state index is -1.03. The first kappa shape index (κ1) is 29.0. The maximum absolute atomic E-state index is 13.4. The number of benzene rings is 2. The average molecular weight is 530 g/mol. The molecule has 2 heterocycles. The van der Waals surface area contributed by atoms with Crippen molar-refractivity contribution in [2.75, 3.05) is 19.6 Å². The third-order valence-electron chi connectivity index (χ3n) is 7.24. The number of piperazine rings is 1. The lowest BCUT2D eigenvalue weighted by molar-refractivity contribution is -0.163. The van der Waals surface area contributed by atoms with Gasteiger partial charge < -0.3 is 20.1 Å². The van der Waals surface area contributed by atoms with Gasteiger partial charge in [0.15, 0.2) is 0 Å². The Kier molecular flexibility index (Phi) is 9.62. The number of likely N-dealkylation sites (tertiary alicyclic amines) is 1. The van der Waals surface area contributed by atoms with Crippen LogP contribution in [0.15, 0.2) is 54.6 Å². The predicted molar refractivity (Wildman–Crippen MR) is 147 cm³/mol. The molecule has 0 aromatic heterocycles. The van der Waals surface area contributed by atoms with E-state index < -0.39 is 17.2 Å². The number of carbonyl (C=O) groups excluding carboxylic acids is 2. The first-order valence-corrected chi connectivity index (χ1v) is 13.1. The number of unbranched alkanes of at least 4 members (excludes halogenated alkanes) is 1. The molecule has 0 saturated carbocycles. The van der Waals surface area contributed by atoms with Crippen LogP contribution < -0.4 is 10.1 Å². The number of hydrogen-bond acceptors (Lipinski definition) is 5. The lowest BCUT2D eigenvalue weighted by Gasteiger charge is -2.52. The highest BCUT2D eigenvalue weighted by Gasteiger charge is 2.53. The number of para-hydroxylation sites is 1. The lowest BCUT2D eigenvalue weighted by Crippen LogP contribution is -2.73. The molecule has 2 aliphatic heterocycles. The number of aliphatic hydroxyl groups is 1. The Morgan fingerprint density at radius 1 is 1.03 bits per heavy atom. The zero-order valence-electron chi connectivity index (χ0n) is 22.1. The van der Waals surface area contributed by atoms with Gasteiger partial charge in [0.05, 0.1) is 5.60 Å². The van der Waals surface area contributed by atoms with E-state index in [4.69, 9.17) is 4.74 Å². The first-order chi connectivity index (χ1) is 17.2. The molecule has 1 unspecified atom stereocenters. The number of amides is 2. The molecule has 202 valence electrons. The van der Waals surface area contributed by atoms with Gasteiger partial charge in [-0.2, -0.15) is 0 Å². The monoisotopic (exact) mass is 529 g/mol. The lowest BCUT2D eigenvalue weighted by atomic mass is 9.80. The number of hydrogen-bond donors (Lipinski definition) is 2. The molecule has 2 aromatic carbocycles. The first-order valence-electron chi connectivity index (χ1n) is 13.1. The highest BCUT2D eigenvalue weighted by molar-refractivity contribution is 6.00. The number of nitrogens with zero attached hydrogens (tertiary/aromatic N) is 2.